The molecule has 2 fully saturated rings. The van der Waals surface area contributed by atoms with E-state index in [0.29, 0.717) is 5.56 Å². The fourth-order valence-corrected chi connectivity index (χ4v) is 5.87. The smallest absolute Gasteiger partial charge is 0.245 e. The maximum atomic E-state index is 12.0. The third kappa shape index (κ3) is 3.21. The molecule has 0 aliphatic carbocycles. The summed E-state index contributed by atoms with van der Waals surface area (Å²) in [4.78, 5) is 21.1. The molecule has 7 heteroatoms. The van der Waals surface area contributed by atoms with Crippen LogP contribution in [0.4, 0.5) is 5.82 Å². The van der Waals surface area contributed by atoms with Crippen molar-refractivity contribution in [2.45, 2.75) is 19.8 Å². The molecular formula is C28H26N6O. The van der Waals surface area contributed by atoms with Crippen molar-refractivity contribution in [3.63, 3.8) is 0 Å². The van der Waals surface area contributed by atoms with Crippen LogP contribution in [0.3, 0.4) is 0 Å². The Bertz CT molecular complexity index is 1540. The predicted octanol–water partition coefficient (Wildman–Crippen LogP) is 4.44. The molecule has 0 radical (unpaired) electrons. The Morgan fingerprint density at radius 3 is 2.80 bits per heavy atom. The summed E-state index contributed by atoms with van der Waals surface area (Å²) in [5, 5.41) is 19.9. The highest BCUT2D eigenvalue weighted by atomic mass is 16.2. The van der Waals surface area contributed by atoms with Crippen LogP contribution in [0.25, 0.3) is 32.9 Å². The zero-order chi connectivity index (χ0) is 24.2. The lowest BCUT2D eigenvalue weighted by molar-refractivity contribution is -0.136. The number of hydrogen-bond donors (Lipinski definition) is 1. The third-order valence-electron chi connectivity index (χ3n) is 7.60. The van der Waals surface area contributed by atoms with Gasteiger partial charge in [0.2, 0.25) is 5.91 Å². The Hall–Kier alpha value is -4.18. The molecule has 1 amide bonds. The van der Waals surface area contributed by atoms with Crippen LogP contribution < -0.4 is 4.90 Å². The van der Waals surface area contributed by atoms with E-state index in [4.69, 9.17) is 4.98 Å². The number of carbonyl (C=O) groups is 1. The number of para-hydroxylation sites is 1. The van der Waals surface area contributed by atoms with Crippen molar-refractivity contribution in [2.24, 2.45) is 5.41 Å². The van der Waals surface area contributed by atoms with Gasteiger partial charge in [0.15, 0.2) is 0 Å². The average molecular weight is 463 g/mol. The third-order valence-corrected chi connectivity index (χ3v) is 7.60. The van der Waals surface area contributed by atoms with E-state index in [-0.39, 0.29) is 11.3 Å². The average Bonchev–Trinajstić information content (AvgIpc) is 3.53. The van der Waals surface area contributed by atoms with Crippen LogP contribution in [-0.4, -0.2) is 52.2 Å². The van der Waals surface area contributed by atoms with Crippen molar-refractivity contribution in [1.29, 1.82) is 5.26 Å². The maximum absolute atomic E-state index is 12.0. The summed E-state index contributed by atoms with van der Waals surface area (Å²) in [7, 11) is 0. The second-order valence-corrected chi connectivity index (χ2v) is 9.67. The monoisotopic (exact) mass is 462 g/mol. The van der Waals surface area contributed by atoms with Gasteiger partial charge in [-0.05, 0) is 42.2 Å². The number of aromatic amines is 1. The molecular weight excluding hydrogens is 436 g/mol. The Morgan fingerprint density at radius 2 is 2.03 bits per heavy atom. The molecule has 6 rings (SSSR count). The number of aryl methyl sites for hydroxylation is 1. The summed E-state index contributed by atoms with van der Waals surface area (Å²) in [6, 6.07) is 14.8. The second kappa shape index (κ2) is 7.95. The fourth-order valence-electron chi connectivity index (χ4n) is 5.87. The van der Waals surface area contributed by atoms with Crippen molar-refractivity contribution in [3.05, 3.63) is 66.4 Å². The van der Waals surface area contributed by atoms with Crippen LogP contribution in [0.1, 0.15) is 24.5 Å². The lowest BCUT2D eigenvalue weighted by Crippen LogP contribution is -2.59. The van der Waals surface area contributed by atoms with Crippen molar-refractivity contribution in [2.75, 3.05) is 31.1 Å². The summed E-state index contributed by atoms with van der Waals surface area (Å²) in [5.74, 6) is 0.715. The van der Waals surface area contributed by atoms with Crippen LogP contribution in [0, 0.1) is 16.7 Å². The number of aromatic nitrogens is 3. The Labute approximate surface area is 203 Å². The molecule has 2 aliphatic rings. The zero-order valence-electron chi connectivity index (χ0n) is 19.7. The van der Waals surface area contributed by atoms with Gasteiger partial charge in [-0.2, -0.15) is 10.4 Å². The number of nitriles is 1. The largest absolute Gasteiger partial charge is 0.355 e. The van der Waals surface area contributed by atoms with Crippen LogP contribution >= 0.6 is 0 Å². The number of pyridine rings is 1. The first-order valence-corrected chi connectivity index (χ1v) is 12.0. The normalized spacial score (nSPS) is 16.6. The molecule has 35 heavy (non-hydrogen) atoms. The molecule has 1 spiro atoms. The Kier molecular flexibility index (Phi) is 4.85. The highest BCUT2D eigenvalue weighted by molar-refractivity contribution is 6.08. The van der Waals surface area contributed by atoms with Gasteiger partial charge < -0.3 is 9.80 Å². The van der Waals surface area contributed by atoms with Crippen LogP contribution in [-0.2, 0) is 11.2 Å². The molecule has 0 bridgehead atoms. The number of rotatable bonds is 4. The van der Waals surface area contributed by atoms with E-state index in [0.717, 1.165) is 77.8 Å². The first-order chi connectivity index (χ1) is 17.1. The Balaban J connectivity index is 1.52. The van der Waals surface area contributed by atoms with Crippen molar-refractivity contribution in [3.8, 4) is 17.2 Å². The zero-order valence-corrected chi connectivity index (χ0v) is 19.7. The van der Waals surface area contributed by atoms with E-state index >= 15 is 0 Å². The van der Waals surface area contributed by atoms with E-state index < -0.39 is 0 Å². The van der Waals surface area contributed by atoms with Gasteiger partial charge >= 0.3 is 0 Å². The van der Waals surface area contributed by atoms with Crippen LogP contribution in [0.5, 0.6) is 0 Å². The molecule has 2 aromatic carbocycles. The number of fused-ring (bicyclic) bond motifs is 2. The van der Waals surface area contributed by atoms with E-state index in [1.807, 2.05) is 29.3 Å². The lowest BCUT2D eigenvalue weighted by atomic mass is 9.79. The Morgan fingerprint density at radius 1 is 1.20 bits per heavy atom. The fraction of sp³-hybridized carbons (Fsp3) is 0.286. The number of likely N-dealkylation sites (tertiary alicyclic amines) is 1. The molecule has 1 N–H and O–H groups in total. The highest BCUT2D eigenvalue weighted by Crippen LogP contribution is 2.45. The quantitative estimate of drug-likeness (QED) is 0.453. The van der Waals surface area contributed by atoms with Crippen LogP contribution in [0.15, 0.2) is 55.3 Å². The number of amides is 1. The first kappa shape index (κ1) is 21.4. The van der Waals surface area contributed by atoms with Crippen molar-refractivity contribution in [1.82, 2.24) is 20.1 Å². The van der Waals surface area contributed by atoms with Crippen molar-refractivity contribution >= 4 is 33.5 Å². The second-order valence-electron chi connectivity index (χ2n) is 9.67. The minimum absolute atomic E-state index is 0.0155. The van der Waals surface area contributed by atoms with Gasteiger partial charge in [-0.1, -0.05) is 37.8 Å². The molecule has 0 atom stereocenters. The van der Waals surface area contributed by atoms with E-state index in [1.54, 1.807) is 0 Å². The summed E-state index contributed by atoms with van der Waals surface area (Å²) in [5.41, 5.74) is 5.63. The number of benzene rings is 2. The van der Waals surface area contributed by atoms with E-state index in [9.17, 15) is 10.1 Å². The number of carbonyl (C=O) groups excluding carboxylic acids is 1. The SMILES string of the molecule is C=CC(=O)N1CC2(CCN(c3nc4ccccc4c(-c4c(CC)ccc5[nH]ncc45)c3C#N)C2)C1. The summed E-state index contributed by atoms with van der Waals surface area (Å²) in [6.45, 7) is 8.79. The molecule has 4 aromatic rings. The molecule has 0 unspecified atom stereocenters. The number of hydrogen-bond acceptors (Lipinski definition) is 5. The van der Waals surface area contributed by atoms with Crippen LogP contribution in [0.2, 0.25) is 0 Å². The summed E-state index contributed by atoms with van der Waals surface area (Å²) >= 11 is 0. The van der Waals surface area contributed by atoms with Gasteiger partial charge in [-0.3, -0.25) is 9.89 Å². The van der Waals surface area contributed by atoms with Gasteiger partial charge in [0, 0.05) is 47.9 Å². The molecule has 4 heterocycles. The minimum atomic E-state index is -0.0155. The summed E-state index contributed by atoms with van der Waals surface area (Å²) in [6.07, 6.45) is 5.05. The molecule has 2 aromatic heterocycles. The van der Waals surface area contributed by atoms with E-state index in [1.165, 1.54) is 11.6 Å². The maximum Gasteiger partial charge on any atom is 0.245 e. The predicted molar refractivity (Wildman–Crippen MR) is 137 cm³/mol. The van der Waals surface area contributed by atoms with Gasteiger partial charge in [0.05, 0.1) is 17.2 Å². The van der Waals surface area contributed by atoms with Crippen molar-refractivity contribution < 1.29 is 4.79 Å². The standard InChI is InChI=1S/C28H26N6O/c1-3-18-9-10-23-21(14-30-32-23)25(18)26-19-7-5-6-8-22(19)31-27(20(26)13-29)33-12-11-28(15-33)16-34(17-28)24(35)4-2/h4-10,14H,2-3,11-12,15-17H2,1H3,(H,30,32). The molecule has 7 nitrogen and oxygen atoms in total. The van der Waals surface area contributed by atoms with E-state index in [2.05, 4.69) is 52.9 Å². The number of anilines is 1. The molecule has 2 saturated heterocycles. The lowest BCUT2D eigenvalue weighted by Gasteiger charge is -2.47. The molecule has 174 valence electrons. The number of nitrogens with zero attached hydrogens (tertiary/aromatic N) is 5. The number of H-pyrrole nitrogens is 1. The number of nitrogens with one attached hydrogen (secondary N) is 1. The summed E-state index contributed by atoms with van der Waals surface area (Å²) < 4.78 is 0. The van der Waals surface area contributed by atoms with Gasteiger partial charge in [0.25, 0.3) is 0 Å². The molecule has 2 aliphatic heterocycles. The van der Waals surface area contributed by atoms with Gasteiger partial charge in [0.1, 0.15) is 17.5 Å². The van der Waals surface area contributed by atoms with Gasteiger partial charge in [-0.25, -0.2) is 4.98 Å². The minimum Gasteiger partial charge on any atom is -0.355 e. The highest BCUT2D eigenvalue weighted by Gasteiger charge is 2.49. The first-order valence-electron chi connectivity index (χ1n) is 12.0. The van der Waals surface area contributed by atoms with Gasteiger partial charge in [-0.15, -0.1) is 0 Å². The molecule has 0 saturated carbocycles. The topological polar surface area (TPSA) is 88.9 Å².